The number of pyridine rings is 1. The molecule has 1 aromatic rings. The van der Waals surface area contributed by atoms with Gasteiger partial charge in [0.1, 0.15) is 5.69 Å². The third-order valence-corrected chi connectivity index (χ3v) is 3.64. The van der Waals surface area contributed by atoms with Crippen molar-refractivity contribution in [1.29, 1.82) is 0 Å². The Labute approximate surface area is 114 Å². The van der Waals surface area contributed by atoms with Crippen molar-refractivity contribution in [3.63, 3.8) is 0 Å². The Balaban J connectivity index is 2.07. The highest BCUT2D eigenvalue weighted by Crippen LogP contribution is 2.20. The SMILES string of the molecule is CNC(=O)c1cc(NC2CCCCCC2N)ccn1. The fraction of sp³-hybridized carbons (Fsp3) is 0.571. The van der Waals surface area contributed by atoms with E-state index in [1.165, 1.54) is 19.3 Å². The van der Waals surface area contributed by atoms with E-state index in [4.69, 9.17) is 5.73 Å². The van der Waals surface area contributed by atoms with Gasteiger partial charge in [-0.2, -0.15) is 0 Å². The van der Waals surface area contributed by atoms with Crippen LogP contribution >= 0.6 is 0 Å². The van der Waals surface area contributed by atoms with Crippen molar-refractivity contribution in [1.82, 2.24) is 10.3 Å². The first-order valence-electron chi connectivity index (χ1n) is 6.91. The maximum Gasteiger partial charge on any atom is 0.269 e. The van der Waals surface area contributed by atoms with Crippen molar-refractivity contribution < 1.29 is 4.79 Å². The lowest BCUT2D eigenvalue weighted by Crippen LogP contribution is -2.39. The molecular weight excluding hydrogens is 240 g/mol. The zero-order valence-electron chi connectivity index (χ0n) is 11.4. The van der Waals surface area contributed by atoms with E-state index in [1.54, 1.807) is 19.3 Å². The minimum absolute atomic E-state index is 0.172. The first-order valence-corrected chi connectivity index (χ1v) is 6.91. The molecule has 1 saturated carbocycles. The third kappa shape index (κ3) is 3.67. The molecule has 2 rings (SSSR count). The molecule has 0 radical (unpaired) electrons. The van der Waals surface area contributed by atoms with Crippen LogP contribution in [-0.2, 0) is 0 Å². The highest BCUT2D eigenvalue weighted by atomic mass is 16.1. The second-order valence-corrected chi connectivity index (χ2v) is 5.06. The zero-order chi connectivity index (χ0) is 13.7. The lowest BCUT2D eigenvalue weighted by Gasteiger charge is -2.24. The van der Waals surface area contributed by atoms with Crippen molar-refractivity contribution in [2.75, 3.05) is 12.4 Å². The standard InChI is InChI=1S/C14H22N4O/c1-16-14(19)13-9-10(7-8-17-13)18-12-6-4-2-3-5-11(12)15/h7-9,11-12H,2-6,15H2,1H3,(H,16,19)(H,17,18). The van der Waals surface area contributed by atoms with Gasteiger partial charge in [0.2, 0.25) is 0 Å². The fourth-order valence-electron chi connectivity index (χ4n) is 2.50. The molecule has 1 aliphatic rings. The second kappa shape index (κ2) is 6.52. The lowest BCUT2D eigenvalue weighted by molar-refractivity contribution is 0.0958. The Morgan fingerprint density at radius 1 is 1.37 bits per heavy atom. The van der Waals surface area contributed by atoms with Crippen molar-refractivity contribution in [3.8, 4) is 0 Å². The summed E-state index contributed by atoms with van der Waals surface area (Å²) >= 11 is 0. The van der Waals surface area contributed by atoms with Crippen LogP contribution in [0.2, 0.25) is 0 Å². The van der Waals surface area contributed by atoms with Crippen LogP contribution in [0.1, 0.15) is 42.6 Å². The van der Waals surface area contributed by atoms with Gasteiger partial charge in [-0.05, 0) is 25.0 Å². The Bertz CT molecular complexity index is 435. The van der Waals surface area contributed by atoms with Crippen LogP contribution in [0.25, 0.3) is 0 Å². The van der Waals surface area contributed by atoms with Gasteiger partial charge < -0.3 is 16.4 Å². The van der Waals surface area contributed by atoms with E-state index in [0.717, 1.165) is 18.5 Å². The number of hydrogen-bond acceptors (Lipinski definition) is 4. The Hall–Kier alpha value is -1.62. The number of anilines is 1. The van der Waals surface area contributed by atoms with E-state index < -0.39 is 0 Å². The van der Waals surface area contributed by atoms with Crippen LogP contribution in [0, 0.1) is 0 Å². The van der Waals surface area contributed by atoms with E-state index in [2.05, 4.69) is 15.6 Å². The monoisotopic (exact) mass is 262 g/mol. The molecule has 5 heteroatoms. The molecule has 5 nitrogen and oxygen atoms in total. The summed E-state index contributed by atoms with van der Waals surface area (Å²) < 4.78 is 0. The van der Waals surface area contributed by atoms with Gasteiger partial charge in [0, 0.05) is 31.0 Å². The number of nitrogens with zero attached hydrogens (tertiary/aromatic N) is 1. The van der Waals surface area contributed by atoms with Crippen LogP contribution in [0.15, 0.2) is 18.3 Å². The molecule has 1 amide bonds. The van der Waals surface area contributed by atoms with E-state index in [0.29, 0.717) is 5.69 Å². The van der Waals surface area contributed by atoms with Crippen LogP contribution in [0.3, 0.4) is 0 Å². The molecule has 2 unspecified atom stereocenters. The van der Waals surface area contributed by atoms with Crippen LogP contribution < -0.4 is 16.4 Å². The largest absolute Gasteiger partial charge is 0.381 e. The summed E-state index contributed by atoms with van der Waals surface area (Å²) in [5.41, 5.74) is 7.53. The number of nitrogens with one attached hydrogen (secondary N) is 2. The molecule has 19 heavy (non-hydrogen) atoms. The topological polar surface area (TPSA) is 80.0 Å². The van der Waals surface area contributed by atoms with Crippen molar-refractivity contribution in [2.45, 2.75) is 44.2 Å². The summed E-state index contributed by atoms with van der Waals surface area (Å²) in [4.78, 5) is 15.6. The number of carbonyl (C=O) groups excluding carboxylic acids is 1. The quantitative estimate of drug-likeness (QED) is 0.721. The van der Waals surface area contributed by atoms with Crippen molar-refractivity contribution >= 4 is 11.6 Å². The summed E-state index contributed by atoms with van der Waals surface area (Å²) in [5.74, 6) is -0.172. The predicted molar refractivity (Wildman–Crippen MR) is 76.1 cm³/mol. The molecule has 0 spiro atoms. The summed E-state index contributed by atoms with van der Waals surface area (Å²) in [6, 6.07) is 4.11. The lowest BCUT2D eigenvalue weighted by atomic mass is 10.0. The maximum atomic E-state index is 11.6. The van der Waals surface area contributed by atoms with Crippen LogP contribution in [-0.4, -0.2) is 30.0 Å². The molecule has 104 valence electrons. The molecule has 1 aliphatic carbocycles. The predicted octanol–water partition coefficient (Wildman–Crippen LogP) is 1.51. The van der Waals surface area contributed by atoms with Gasteiger partial charge in [0.25, 0.3) is 5.91 Å². The van der Waals surface area contributed by atoms with Crippen molar-refractivity contribution in [2.24, 2.45) is 5.73 Å². The Morgan fingerprint density at radius 2 is 2.16 bits per heavy atom. The minimum Gasteiger partial charge on any atom is -0.381 e. The van der Waals surface area contributed by atoms with Gasteiger partial charge in [-0.15, -0.1) is 0 Å². The summed E-state index contributed by atoms with van der Waals surface area (Å²) in [6.45, 7) is 0. The number of rotatable bonds is 3. The van der Waals surface area contributed by atoms with E-state index >= 15 is 0 Å². The zero-order valence-corrected chi connectivity index (χ0v) is 11.4. The average molecular weight is 262 g/mol. The van der Waals surface area contributed by atoms with Crippen LogP contribution in [0.4, 0.5) is 5.69 Å². The van der Waals surface area contributed by atoms with Gasteiger partial charge in [-0.1, -0.05) is 19.3 Å². The van der Waals surface area contributed by atoms with Gasteiger partial charge in [0.15, 0.2) is 0 Å². The van der Waals surface area contributed by atoms with Gasteiger partial charge >= 0.3 is 0 Å². The molecular formula is C14H22N4O. The fourth-order valence-corrected chi connectivity index (χ4v) is 2.50. The van der Waals surface area contributed by atoms with Gasteiger partial charge in [-0.25, -0.2) is 0 Å². The van der Waals surface area contributed by atoms with Gasteiger partial charge in [0.05, 0.1) is 0 Å². The van der Waals surface area contributed by atoms with Crippen LogP contribution in [0.5, 0.6) is 0 Å². The second-order valence-electron chi connectivity index (χ2n) is 5.06. The van der Waals surface area contributed by atoms with E-state index in [-0.39, 0.29) is 18.0 Å². The number of amides is 1. The minimum atomic E-state index is -0.172. The highest BCUT2D eigenvalue weighted by molar-refractivity contribution is 5.92. The number of nitrogens with two attached hydrogens (primary N) is 1. The molecule has 0 bridgehead atoms. The third-order valence-electron chi connectivity index (χ3n) is 3.64. The maximum absolute atomic E-state index is 11.6. The smallest absolute Gasteiger partial charge is 0.269 e. The first kappa shape index (κ1) is 13.8. The van der Waals surface area contributed by atoms with Crippen molar-refractivity contribution in [3.05, 3.63) is 24.0 Å². The molecule has 0 aromatic carbocycles. The number of aromatic nitrogens is 1. The summed E-state index contributed by atoms with van der Waals surface area (Å²) in [7, 11) is 1.60. The molecule has 0 saturated heterocycles. The summed E-state index contributed by atoms with van der Waals surface area (Å²) in [6.07, 6.45) is 7.46. The molecule has 1 aromatic heterocycles. The van der Waals surface area contributed by atoms with Gasteiger partial charge in [-0.3, -0.25) is 9.78 Å². The molecule has 0 aliphatic heterocycles. The number of carbonyl (C=O) groups is 1. The molecule has 2 atom stereocenters. The average Bonchev–Trinajstić information content (AvgIpc) is 2.64. The molecule has 1 fully saturated rings. The first-order chi connectivity index (χ1) is 9.20. The van der Waals surface area contributed by atoms with E-state index in [9.17, 15) is 4.79 Å². The number of hydrogen-bond donors (Lipinski definition) is 3. The Kier molecular flexibility index (Phi) is 4.74. The molecule has 1 heterocycles. The summed E-state index contributed by atoms with van der Waals surface area (Å²) in [5, 5.41) is 6.02. The van der Waals surface area contributed by atoms with E-state index in [1.807, 2.05) is 6.07 Å². The highest BCUT2D eigenvalue weighted by Gasteiger charge is 2.20. The molecule has 4 N–H and O–H groups in total. The normalized spacial score (nSPS) is 23.5. The Morgan fingerprint density at radius 3 is 2.95 bits per heavy atom.